The minimum Gasteiger partial charge on any atom is -0.373 e. The van der Waals surface area contributed by atoms with Crippen LogP contribution in [0.4, 0.5) is 21.5 Å². The molecule has 2 N–H and O–H groups in total. The molecular weight excluding hydrogens is 333 g/mol. The van der Waals surface area contributed by atoms with Crippen molar-refractivity contribution < 1.29 is 14.0 Å². The molecule has 1 aliphatic heterocycles. The van der Waals surface area contributed by atoms with Gasteiger partial charge in [-0.3, -0.25) is 9.59 Å². The van der Waals surface area contributed by atoms with Crippen molar-refractivity contribution in [2.45, 2.75) is 32.7 Å². The van der Waals surface area contributed by atoms with E-state index in [2.05, 4.69) is 10.6 Å². The van der Waals surface area contributed by atoms with Gasteiger partial charge in [-0.1, -0.05) is 18.2 Å². The van der Waals surface area contributed by atoms with Crippen LogP contribution in [0.15, 0.2) is 42.5 Å². The Morgan fingerprint density at radius 1 is 1.15 bits per heavy atom. The van der Waals surface area contributed by atoms with Gasteiger partial charge < -0.3 is 15.5 Å². The summed E-state index contributed by atoms with van der Waals surface area (Å²) in [4.78, 5) is 25.7. The minimum absolute atomic E-state index is 0.148. The zero-order valence-corrected chi connectivity index (χ0v) is 14.9. The van der Waals surface area contributed by atoms with Crippen molar-refractivity contribution in [3.8, 4) is 0 Å². The van der Waals surface area contributed by atoms with Gasteiger partial charge in [0.25, 0.3) is 0 Å². The third kappa shape index (κ3) is 3.69. The Bertz CT molecular complexity index is 838. The van der Waals surface area contributed by atoms with Gasteiger partial charge >= 0.3 is 0 Å². The van der Waals surface area contributed by atoms with E-state index in [1.807, 2.05) is 25.1 Å². The van der Waals surface area contributed by atoms with Crippen LogP contribution in [0.5, 0.6) is 0 Å². The number of hydrogen-bond donors (Lipinski definition) is 2. The topological polar surface area (TPSA) is 61.4 Å². The predicted octanol–water partition coefficient (Wildman–Crippen LogP) is 3.70. The van der Waals surface area contributed by atoms with Crippen LogP contribution in [0, 0.1) is 12.7 Å². The van der Waals surface area contributed by atoms with Gasteiger partial charge in [-0.25, -0.2) is 4.39 Å². The number of benzene rings is 2. The van der Waals surface area contributed by atoms with E-state index < -0.39 is 11.9 Å². The molecule has 26 heavy (non-hydrogen) atoms. The van der Waals surface area contributed by atoms with E-state index in [0.717, 1.165) is 17.7 Å². The smallest absolute Gasteiger partial charge is 0.249 e. The summed E-state index contributed by atoms with van der Waals surface area (Å²) in [6, 6.07) is 11.4. The molecule has 2 aromatic carbocycles. The first-order chi connectivity index (χ1) is 12.5. The van der Waals surface area contributed by atoms with Gasteiger partial charge in [0.15, 0.2) is 0 Å². The highest BCUT2D eigenvalue weighted by Gasteiger charge is 2.31. The number of hydrogen-bond acceptors (Lipinski definition) is 3. The van der Waals surface area contributed by atoms with Gasteiger partial charge in [0.1, 0.15) is 11.9 Å². The largest absolute Gasteiger partial charge is 0.373 e. The molecule has 136 valence electrons. The molecule has 2 aromatic rings. The standard InChI is InChI=1S/C20H22FN3O2/c1-13-16(22-14(2)25)8-5-9-17(13)23-18-10-6-12-24(20(18)26)19-11-4-3-7-15(19)21/h3-5,7-9,11,18,23H,6,10,12H2,1-2H3,(H,22,25). The number of anilines is 3. The van der Waals surface area contributed by atoms with Crippen molar-refractivity contribution >= 4 is 28.9 Å². The second-order valence-electron chi connectivity index (χ2n) is 6.44. The normalized spacial score (nSPS) is 17.1. The van der Waals surface area contributed by atoms with Gasteiger partial charge in [0.2, 0.25) is 11.8 Å². The van der Waals surface area contributed by atoms with Crippen molar-refractivity contribution in [1.29, 1.82) is 0 Å². The summed E-state index contributed by atoms with van der Waals surface area (Å²) in [6.07, 6.45) is 1.45. The molecule has 1 aliphatic rings. The van der Waals surface area contributed by atoms with E-state index in [9.17, 15) is 14.0 Å². The maximum Gasteiger partial charge on any atom is 0.249 e. The second kappa shape index (κ2) is 7.56. The Labute approximate surface area is 152 Å². The van der Waals surface area contributed by atoms with Crippen LogP contribution in [0.2, 0.25) is 0 Å². The van der Waals surface area contributed by atoms with E-state index in [1.165, 1.54) is 17.9 Å². The van der Waals surface area contributed by atoms with Gasteiger partial charge in [-0.2, -0.15) is 0 Å². The minimum atomic E-state index is -0.436. The fourth-order valence-corrected chi connectivity index (χ4v) is 3.22. The molecule has 1 fully saturated rings. The number of para-hydroxylation sites is 1. The number of nitrogens with one attached hydrogen (secondary N) is 2. The van der Waals surface area contributed by atoms with E-state index in [0.29, 0.717) is 24.3 Å². The Hall–Kier alpha value is -2.89. The number of rotatable bonds is 4. The zero-order valence-electron chi connectivity index (χ0n) is 14.9. The Morgan fingerprint density at radius 2 is 1.88 bits per heavy atom. The quantitative estimate of drug-likeness (QED) is 0.879. The van der Waals surface area contributed by atoms with Crippen LogP contribution in [-0.4, -0.2) is 24.4 Å². The highest BCUT2D eigenvalue weighted by Crippen LogP contribution is 2.28. The second-order valence-corrected chi connectivity index (χ2v) is 6.44. The predicted molar refractivity (Wildman–Crippen MR) is 101 cm³/mol. The molecule has 5 nitrogen and oxygen atoms in total. The average Bonchev–Trinajstić information content (AvgIpc) is 2.60. The summed E-state index contributed by atoms with van der Waals surface area (Å²) in [7, 11) is 0. The maximum atomic E-state index is 14.1. The number of nitrogens with zero attached hydrogens (tertiary/aromatic N) is 1. The fourth-order valence-electron chi connectivity index (χ4n) is 3.22. The van der Waals surface area contributed by atoms with Crippen molar-refractivity contribution in [3.05, 3.63) is 53.8 Å². The molecule has 1 saturated heterocycles. The first-order valence-electron chi connectivity index (χ1n) is 8.67. The molecule has 0 saturated carbocycles. The summed E-state index contributed by atoms with van der Waals surface area (Å²) < 4.78 is 14.1. The first-order valence-corrected chi connectivity index (χ1v) is 8.67. The molecular formula is C20H22FN3O2. The fraction of sp³-hybridized carbons (Fsp3) is 0.300. The lowest BCUT2D eigenvalue weighted by Gasteiger charge is -2.33. The molecule has 0 bridgehead atoms. The Kier molecular flexibility index (Phi) is 5.21. The highest BCUT2D eigenvalue weighted by atomic mass is 19.1. The molecule has 1 unspecified atom stereocenters. The molecule has 3 rings (SSSR count). The van der Waals surface area contributed by atoms with Gasteiger partial charge in [0.05, 0.1) is 5.69 Å². The van der Waals surface area contributed by atoms with E-state index >= 15 is 0 Å². The van der Waals surface area contributed by atoms with Crippen LogP contribution >= 0.6 is 0 Å². The lowest BCUT2D eigenvalue weighted by molar-refractivity contribution is -0.120. The number of carbonyl (C=O) groups excluding carboxylic acids is 2. The van der Waals surface area contributed by atoms with Gasteiger partial charge in [0, 0.05) is 24.8 Å². The molecule has 1 atom stereocenters. The number of halogens is 1. The lowest BCUT2D eigenvalue weighted by Crippen LogP contribution is -2.48. The molecule has 2 amide bonds. The number of piperidine rings is 1. The molecule has 1 heterocycles. The molecule has 0 spiro atoms. The van der Waals surface area contributed by atoms with Gasteiger partial charge in [-0.05, 0) is 49.6 Å². The summed E-state index contributed by atoms with van der Waals surface area (Å²) in [5.41, 5.74) is 2.66. The summed E-state index contributed by atoms with van der Waals surface area (Å²) in [5, 5.41) is 6.05. The summed E-state index contributed by atoms with van der Waals surface area (Å²) >= 11 is 0. The van der Waals surface area contributed by atoms with Crippen molar-refractivity contribution in [3.63, 3.8) is 0 Å². The highest BCUT2D eigenvalue weighted by molar-refractivity contribution is 6.00. The van der Waals surface area contributed by atoms with E-state index in [1.54, 1.807) is 18.2 Å². The third-order valence-electron chi connectivity index (χ3n) is 4.56. The Morgan fingerprint density at radius 3 is 2.62 bits per heavy atom. The first kappa shape index (κ1) is 17.9. The van der Waals surface area contributed by atoms with Crippen LogP contribution in [0.3, 0.4) is 0 Å². The maximum absolute atomic E-state index is 14.1. The monoisotopic (exact) mass is 355 g/mol. The molecule has 0 aliphatic carbocycles. The van der Waals surface area contributed by atoms with Crippen LogP contribution in [0.1, 0.15) is 25.3 Å². The molecule has 6 heteroatoms. The Balaban J connectivity index is 1.81. The van der Waals surface area contributed by atoms with Crippen LogP contribution < -0.4 is 15.5 Å². The van der Waals surface area contributed by atoms with Crippen LogP contribution in [0.25, 0.3) is 0 Å². The van der Waals surface area contributed by atoms with E-state index in [-0.39, 0.29) is 11.8 Å². The number of amides is 2. The zero-order chi connectivity index (χ0) is 18.7. The van der Waals surface area contributed by atoms with Crippen molar-refractivity contribution in [1.82, 2.24) is 0 Å². The van der Waals surface area contributed by atoms with Crippen LogP contribution in [-0.2, 0) is 9.59 Å². The average molecular weight is 355 g/mol. The summed E-state index contributed by atoms with van der Waals surface area (Å²) in [6.45, 7) is 3.84. The van der Waals surface area contributed by atoms with Gasteiger partial charge in [-0.15, -0.1) is 0 Å². The third-order valence-corrected chi connectivity index (χ3v) is 4.56. The van der Waals surface area contributed by atoms with Crippen molar-refractivity contribution in [2.75, 3.05) is 22.1 Å². The van der Waals surface area contributed by atoms with Crippen molar-refractivity contribution in [2.24, 2.45) is 0 Å². The lowest BCUT2D eigenvalue weighted by atomic mass is 10.0. The molecule has 0 aromatic heterocycles. The number of carbonyl (C=O) groups is 2. The molecule has 0 radical (unpaired) electrons. The SMILES string of the molecule is CC(=O)Nc1cccc(NC2CCCN(c3ccccc3F)C2=O)c1C. The summed E-state index contributed by atoms with van der Waals surface area (Å²) in [5.74, 6) is -0.694. The van der Waals surface area contributed by atoms with E-state index in [4.69, 9.17) is 0 Å².